The van der Waals surface area contributed by atoms with E-state index in [0.29, 0.717) is 0 Å². The summed E-state index contributed by atoms with van der Waals surface area (Å²) in [7, 11) is 1.89. The predicted octanol–water partition coefficient (Wildman–Crippen LogP) is 3.01. The number of pyridine rings is 1. The van der Waals surface area contributed by atoms with Crippen molar-refractivity contribution in [1.29, 1.82) is 0 Å². The first kappa shape index (κ1) is 13.5. The van der Waals surface area contributed by atoms with Crippen LogP contribution in [0, 0.1) is 5.82 Å². The Kier molecular flexibility index (Phi) is 4.74. The van der Waals surface area contributed by atoms with Gasteiger partial charge < -0.3 is 5.32 Å². The van der Waals surface area contributed by atoms with Crippen molar-refractivity contribution in [3.05, 3.63) is 29.8 Å². The number of nitrogens with zero attached hydrogens (tertiary/aromatic N) is 1. The third-order valence-electron chi connectivity index (χ3n) is 2.16. The van der Waals surface area contributed by atoms with Crippen molar-refractivity contribution in [2.45, 2.75) is 31.6 Å². The highest BCUT2D eigenvalue weighted by Gasteiger charge is 2.16. The zero-order valence-corrected chi connectivity index (χ0v) is 11.1. The average molecular weight is 242 g/mol. The van der Waals surface area contributed by atoms with E-state index >= 15 is 0 Å². The van der Waals surface area contributed by atoms with E-state index in [1.54, 1.807) is 6.20 Å². The van der Waals surface area contributed by atoms with Crippen LogP contribution in [-0.4, -0.2) is 22.5 Å². The first-order valence-electron chi connectivity index (χ1n) is 5.34. The van der Waals surface area contributed by atoms with E-state index in [9.17, 15) is 4.39 Å². The summed E-state index contributed by atoms with van der Waals surface area (Å²) in [6.45, 7) is 6.52. The topological polar surface area (TPSA) is 24.9 Å². The van der Waals surface area contributed by atoms with Crippen LogP contribution in [-0.2, 0) is 0 Å². The lowest BCUT2D eigenvalue weighted by molar-refractivity contribution is 0.602. The van der Waals surface area contributed by atoms with Gasteiger partial charge in [0.25, 0.3) is 0 Å². The van der Waals surface area contributed by atoms with Gasteiger partial charge in [-0.25, -0.2) is 4.39 Å². The Morgan fingerprint density at radius 2 is 2.12 bits per heavy atom. The number of hydrogen-bond acceptors (Lipinski definition) is 3. The fraction of sp³-hybridized carbons (Fsp3) is 0.583. The first-order chi connectivity index (χ1) is 7.42. The summed E-state index contributed by atoms with van der Waals surface area (Å²) < 4.78 is 13.3. The molecule has 16 heavy (non-hydrogen) atoms. The molecule has 0 fully saturated rings. The van der Waals surface area contributed by atoms with Gasteiger partial charge >= 0.3 is 0 Å². The molecule has 0 aliphatic heterocycles. The number of hydrogen-bond donors (Lipinski definition) is 1. The van der Waals surface area contributed by atoms with Crippen molar-refractivity contribution in [3.8, 4) is 0 Å². The summed E-state index contributed by atoms with van der Waals surface area (Å²) in [5, 5.41) is 3.19. The molecule has 0 spiro atoms. The van der Waals surface area contributed by atoms with Crippen LogP contribution in [0.3, 0.4) is 0 Å². The Labute approximate surface area is 101 Å². The van der Waals surface area contributed by atoms with Crippen LogP contribution in [0.4, 0.5) is 4.39 Å². The molecular weight excluding hydrogens is 223 g/mol. The van der Waals surface area contributed by atoms with Gasteiger partial charge in [0.05, 0.1) is 6.20 Å². The minimum absolute atomic E-state index is 0.146. The minimum Gasteiger partial charge on any atom is -0.312 e. The highest BCUT2D eigenvalue weighted by molar-refractivity contribution is 8.00. The van der Waals surface area contributed by atoms with Gasteiger partial charge in [0.1, 0.15) is 5.82 Å². The largest absolute Gasteiger partial charge is 0.312 e. The fourth-order valence-electron chi connectivity index (χ4n) is 1.30. The Morgan fingerprint density at radius 3 is 2.62 bits per heavy atom. The van der Waals surface area contributed by atoms with Crippen molar-refractivity contribution >= 4 is 11.8 Å². The molecule has 0 saturated carbocycles. The van der Waals surface area contributed by atoms with E-state index in [4.69, 9.17) is 0 Å². The monoisotopic (exact) mass is 242 g/mol. The van der Waals surface area contributed by atoms with E-state index in [-0.39, 0.29) is 16.6 Å². The lowest BCUT2D eigenvalue weighted by Gasteiger charge is -2.22. The minimum atomic E-state index is -0.279. The molecule has 0 aliphatic carbocycles. The fourth-order valence-corrected chi connectivity index (χ4v) is 2.32. The van der Waals surface area contributed by atoms with E-state index in [1.807, 2.05) is 18.8 Å². The number of halogens is 1. The van der Waals surface area contributed by atoms with Crippen molar-refractivity contribution in [1.82, 2.24) is 10.3 Å². The molecule has 0 radical (unpaired) electrons. The van der Waals surface area contributed by atoms with Crippen LogP contribution in [0.2, 0.25) is 0 Å². The molecule has 0 aliphatic rings. The van der Waals surface area contributed by atoms with Crippen LogP contribution in [0.1, 0.15) is 32.4 Å². The first-order valence-corrected chi connectivity index (χ1v) is 6.32. The molecule has 1 aromatic rings. The molecule has 1 N–H and O–H groups in total. The van der Waals surface area contributed by atoms with Gasteiger partial charge in [-0.2, -0.15) is 11.8 Å². The van der Waals surface area contributed by atoms with E-state index in [1.165, 1.54) is 12.3 Å². The maximum absolute atomic E-state index is 13.0. The zero-order chi connectivity index (χ0) is 12.2. The second-order valence-electron chi connectivity index (χ2n) is 4.70. The normalized spacial score (nSPS) is 13.8. The molecular formula is C12H19FN2S. The Hall–Kier alpha value is -0.610. The van der Waals surface area contributed by atoms with Crippen LogP contribution >= 0.6 is 11.8 Å². The average Bonchev–Trinajstić information content (AvgIpc) is 2.17. The SMILES string of the molecule is CNC(CSC(C)(C)C)c1cncc(F)c1. The standard InChI is InChI=1S/C12H19FN2S/c1-12(2,3)16-8-11(14-4)9-5-10(13)7-15-6-9/h5-7,11,14H,8H2,1-4H3. The number of rotatable bonds is 4. The molecule has 1 atom stereocenters. The second-order valence-corrected chi connectivity index (χ2v) is 6.55. The summed E-state index contributed by atoms with van der Waals surface area (Å²) >= 11 is 1.85. The third kappa shape index (κ3) is 4.49. The Morgan fingerprint density at radius 1 is 1.44 bits per heavy atom. The van der Waals surface area contributed by atoms with Crippen molar-refractivity contribution in [2.75, 3.05) is 12.8 Å². The van der Waals surface area contributed by atoms with Crippen LogP contribution in [0.5, 0.6) is 0 Å². The molecule has 90 valence electrons. The number of aromatic nitrogens is 1. The highest BCUT2D eigenvalue weighted by Crippen LogP contribution is 2.28. The molecule has 1 rings (SSSR count). The molecule has 1 heterocycles. The van der Waals surface area contributed by atoms with E-state index in [0.717, 1.165) is 11.3 Å². The van der Waals surface area contributed by atoms with Gasteiger partial charge in [-0.1, -0.05) is 20.8 Å². The van der Waals surface area contributed by atoms with Crippen LogP contribution in [0.15, 0.2) is 18.5 Å². The maximum Gasteiger partial charge on any atom is 0.141 e. The number of thioether (sulfide) groups is 1. The third-order valence-corrected chi connectivity index (χ3v) is 3.53. The molecule has 2 nitrogen and oxygen atoms in total. The van der Waals surface area contributed by atoms with Gasteiger partial charge in [-0.3, -0.25) is 4.98 Å². The summed E-state index contributed by atoms with van der Waals surface area (Å²) in [5.74, 6) is 0.629. The van der Waals surface area contributed by atoms with Gasteiger partial charge in [0.2, 0.25) is 0 Å². The molecule has 4 heteroatoms. The Bertz CT molecular complexity index is 336. The second kappa shape index (κ2) is 5.64. The predicted molar refractivity (Wildman–Crippen MR) is 68.2 cm³/mol. The summed E-state index contributed by atoms with van der Waals surface area (Å²) in [6.07, 6.45) is 2.95. The van der Waals surface area contributed by atoms with Gasteiger partial charge in [0, 0.05) is 22.7 Å². The quantitative estimate of drug-likeness (QED) is 0.878. The smallest absolute Gasteiger partial charge is 0.141 e. The molecule has 1 unspecified atom stereocenters. The van der Waals surface area contributed by atoms with Crippen molar-refractivity contribution < 1.29 is 4.39 Å². The van der Waals surface area contributed by atoms with E-state index in [2.05, 4.69) is 31.1 Å². The molecule has 1 aromatic heterocycles. The molecule has 0 aromatic carbocycles. The lowest BCUT2D eigenvalue weighted by Crippen LogP contribution is -2.22. The number of nitrogens with one attached hydrogen (secondary N) is 1. The molecule has 0 bridgehead atoms. The molecule has 0 saturated heterocycles. The summed E-state index contributed by atoms with van der Waals surface area (Å²) in [5.41, 5.74) is 0.902. The van der Waals surface area contributed by atoms with Crippen LogP contribution < -0.4 is 5.32 Å². The Balaban J connectivity index is 2.68. The summed E-state index contributed by atoms with van der Waals surface area (Å²) in [4.78, 5) is 3.87. The lowest BCUT2D eigenvalue weighted by atomic mass is 10.1. The van der Waals surface area contributed by atoms with Gasteiger partial charge in [-0.05, 0) is 18.7 Å². The summed E-state index contributed by atoms with van der Waals surface area (Å²) in [6, 6.07) is 1.68. The van der Waals surface area contributed by atoms with Crippen LogP contribution in [0.25, 0.3) is 0 Å². The zero-order valence-electron chi connectivity index (χ0n) is 10.2. The maximum atomic E-state index is 13.0. The van der Waals surface area contributed by atoms with Crippen molar-refractivity contribution in [3.63, 3.8) is 0 Å². The van der Waals surface area contributed by atoms with E-state index < -0.39 is 0 Å². The van der Waals surface area contributed by atoms with Gasteiger partial charge in [0.15, 0.2) is 0 Å². The van der Waals surface area contributed by atoms with Crippen molar-refractivity contribution in [2.24, 2.45) is 0 Å². The highest BCUT2D eigenvalue weighted by atomic mass is 32.2. The molecule has 0 amide bonds. The van der Waals surface area contributed by atoms with Gasteiger partial charge in [-0.15, -0.1) is 0 Å².